The number of nitrogens with zero attached hydrogens (tertiary/aromatic N) is 2. The maximum Gasteiger partial charge on any atom is 0.137 e. The van der Waals surface area contributed by atoms with Gasteiger partial charge in [0.25, 0.3) is 0 Å². The molecule has 5 heteroatoms. The molecule has 0 atom stereocenters. The summed E-state index contributed by atoms with van der Waals surface area (Å²) in [4.78, 5) is 14.3. The quantitative estimate of drug-likeness (QED) is 0.851. The Morgan fingerprint density at radius 3 is 1.86 bits per heavy atom. The van der Waals surface area contributed by atoms with Crippen LogP contribution in [0.3, 0.4) is 0 Å². The lowest BCUT2D eigenvalue weighted by molar-refractivity contribution is -0.265. The number of amides is 1. The molecule has 0 aromatic heterocycles. The van der Waals surface area contributed by atoms with E-state index in [1.54, 1.807) is 12.1 Å². The molecule has 0 N–H and O–H groups in total. The normalized spacial score (nSPS) is 15.0. The molecule has 2 aromatic carbocycles. The van der Waals surface area contributed by atoms with Crippen molar-refractivity contribution >= 4 is 11.8 Å². The zero-order valence-electron chi connectivity index (χ0n) is 12.0. The summed E-state index contributed by atoms with van der Waals surface area (Å²) in [5.41, 5.74) is 3.05. The maximum absolute atomic E-state index is 12.9. The number of anilines is 1. The number of hydrogen-bond donors (Lipinski definition) is 0. The molecule has 4 nitrogen and oxygen atoms in total. The van der Waals surface area contributed by atoms with Gasteiger partial charge in [-0.3, -0.25) is 0 Å². The van der Waals surface area contributed by atoms with Gasteiger partial charge >= 0.3 is 0 Å². The summed E-state index contributed by atoms with van der Waals surface area (Å²) < 4.78 is 12.9. The Kier molecular flexibility index (Phi) is 3.96. The van der Waals surface area contributed by atoms with Crippen LogP contribution in [0.2, 0.25) is 0 Å². The van der Waals surface area contributed by atoms with Gasteiger partial charge in [0, 0.05) is 31.9 Å². The first-order chi connectivity index (χ1) is 10.6. The molecule has 1 aliphatic rings. The fourth-order valence-corrected chi connectivity index (χ4v) is 2.65. The standard InChI is InChI=1S/C17H17FN2O2/c18-15-5-1-13(2-6-15)14-3-7-16(8-4-14)19-9-11-20(12-10-19)17(21)22/h1-8H,9-12H2,(H,21,22)/p-1. The van der Waals surface area contributed by atoms with Crippen molar-refractivity contribution in [1.82, 2.24) is 4.90 Å². The van der Waals surface area contributed by atoms with Gasteiger partial charge in [0.2, 0.25) is 0 Å². The summed E-state index contributed by atoms with van der Waals surface area (Å²) in [5.74, 6) is -0.244. The summed E-state index contributed by atoms with van der Waals surface area (Å²) in [5, 5.41) is 10.8. The van der Waals surface area contributed by atoms with E-state index in [-0.39, 0.29) is 5.82 Å². The van der Waals surface area contributed by atoms with Crippen molar-refractivity contribution in [2.45, 2.75) is 0 Å². The van der Waals surface area contributed by atoms with Crippen LogP contribution in [0.4, 0.5) is 14.9 Å². The molecule has 1 saturated heterocycles. The first-order valence-corrected chi connectivity index (χ1v) is 7.20. The van der Waals surface area contributed by atoms with Gasteiger partial charge in [-0.15, -0.1) is 0 Å². The van der Waals surface area contributed by atoms with Gasteiger partial charge in [-0.2, -0.15) is 0 Å². The number of carboxylic acid groups (broad SMARTS) is 1. The second kappa shape index (κ2) is 6.05. The second-order valence-corrected chi connectivity index (χ2v) is 5.29. The third kappa shape index (κ3) is 3.03. The molecule has 0 bridgehead atoms. The van der Waals surface area contributed by atoms with Gasteiger partial charge in [0.15, 0.2) is 0 Å². The summed E-state index contributed by atoms with van der Waals surface area (Å²) >= 11 is 0. The summed E-state index contributed by atoms with van der Waals surface area (Å²) in [6.07, 6.45) is -1.11. The first-order valence-electron chi connectivity index (χ1n) is 7.20. The predicted octanol–water partition coefficient (Wildman–Crippen LogP) is 1.96. The minimum absolute atomic E-state index is 0.244. The van der Waals surface area contributed by atoms with Crippen LogP contribution in [0.5, 0.6) is 0 Å². The van der Waals surface area contributed by atoms with E-state index in [1.807, 2.05) is 24.3 Å². The molecule has 1 amide bonds. The van der Waals surface area contributed by atoms with E-state index in [0.29, 0.717) is 26.2 Å². The molecule has 3 rings (SSSR count). The number of carbonyl (C=O) groups excluding carboxylic acids is 1. The molecular formula is C17H16FN2O2-. The second-order valence-electron chi connectivity index (χ2n) is 5.29. The zero-order valence-corrected chi connectivity index (χ0v) is 12.0. The number of hydrogen-bond acceptors (Lipinski definition) is 3. The van der Waals surface area contributed by atoms with Crippen molar-refractivity contribution in [2.75, 3.05) is 31.1 Å². The lowest BCUT2D eigenvalue weighted by atomic mass is 10.1. The number of benzene rings is 2. The zero-order chi connectivity index (χ0) is 15.5. The van der Waals surface area contributed by atoms with E-state index in [1.165, 1.54) is 17.0 Å². The summed E-state index contributed by atoms with van der Waals surface area (Å²) in [7, 11) is 0. The Labute approximate surface area is 128 Å². The molecule has 2 aromatic rings. The van der Waals surface area contributed by atoms with Crippen molar-refractivity contribution in [2.24, 2.45) is 0 Å². The van der Waals surface area contributed by atoms with E-state index in [4.69, 9.17) is 0 Å². The van der Waals surface area contributed by atoms with Crippen molar-refractivity contribution in [3.05, 3.63) is 54.3 Å². The maximum atomic E-state index is 12.9. The van der Waals surface area contributed by atoms with Crippen molar-refractivity contribution < 1.29 is 14.3 Å². The molecule has 0 spiro atoms. The third-order valence-electron chi connectivity index (χ3n) is 3.95. The molecule has 0 unspecified atom stereocenters. The Hall–Kier alpha value is -2.56. The van der Waals surface area contributed by atoms with Crippen molar-refractivity contribution in [1.29, 1.82) is 0 Å². The topological polar surface area (TPSA) is 46.6 Å². The number of rotatable bonds is 2. The predicted molar refractivity (Wildman–Crippen MR) is 81.0 cm³/mol. The monoisotopic (exact) mass is 299 g/mol. The van der Waals surface area contributed by atoms with E-state index in [2.05, 4.69) is 4.90 Å². The Morgan fingerprint density at radius 2 is 1.36 bits per heavy atom. The molecule has 0 aliphatic carbocycles. The smallest absolute Gasteiger partial charge is 0.137 e. The fraction of sp³-hybridized carbons (Fsp3) is 0.235. The van der Waals surface area contributed by atoms with Crippen molar-refractivity contribution in [3.8, 4) is 11.1 Å². The molecule has 1 fully saturated rings. The van der Waals surface area contributed by atoms with Gasteiger partial charge in [-0.05, 0) is 35.4 Å². The van der Waals surface area contributed by atoms with Gasteiger partial charge in [-0.1, -0.05) is 24.3 Å². The van der Waals surface area contributed by atoms with E-state index < -0.39 is 6.09 Å². The van der Waals surface area contributed by atoms with Crippen LogP contribution in [0.1, 0.15) is 0 Å². The van der Waals surface area contributed by atoms with Crippen molar-refractivity contribution in [3.63, 3.8) is 0 Å². The minimum atomic E-state index is -1.11. The van der Waals surface area contributed by atoms with E-state index in [0.717, 1.165) is 16.8 Å². The van der Waals surface area contributed by atoms with E-state index >= 15 is 0 Å². The molecular weight excluding hydrogens is 283 g/mol. The fourth-order valence-electron chi connectivity index (χ4n) is 2.65. The van der Waals surface area contributed by atoms with E-state index in [9.17, 15) is 14.3 Å². The van der Waals surface area contributed by atoms with Crippen LogP contribution in [-0.4, -0.2) is 37.2 Å². The highest BCUT2D eigenvalue weighted by Crippen LogP contribution is 2.24. The highest BCUT2D eigenvalue weighted by Gasteiger charge is 2.16. The van der Waals surface area contributed by atoms with Crippen LogP contribution in [0.25, 0.3) is 11.1 Å². The number of piperazine rings is 1. The number of carbonyl (C=O) groups is 1. The Bertz CT molecular complexity index is 647. The Morgan fingerprint density at radius 1 is 0.864 bits per heavy atom. The molecule has 0 radical (unpaired) electrons. The van der Waals surface area contributed by atoms with Crippen LogP contribution in [0, 0.1) is 5.82 Å². The molecule has 1 heterocycles. The number of halogens is 1. The average molecular weight is 299 g/mol. The van der Waals surface area contributed by atoms with Gasteiger partial charge in [-0.25, -0.2) is 4.39 Å². The molecule has 1 aliphatic heterocycles. The lowest BCUT2D eigenvalue weighted by Crippen LogP contribution is -2.52. The van der Waals surface area contributed by atoms with Crippen LogP contribution in [-0.2, 0) is 0 Å². The highest BCUT2D eigenvalue weighted by molar-refractivity contribution is 5.67. The van der Waals surface area contributed by atoms with Gasteiger partial charge in [0.1, 0.15) is 11.9 Å². The summed E-state index contributed by atoms with van der Waals surface area (Å²) in [6.45, 7) is 2.23. The average Bonchev–Trinajstić information content (AvgIpc) is 2.56. The van der Waals surface area contributed by atoms with Gasteiger partial charge in [0.05, 0.1) is 0 Å². The molecule has 0 saturated carbocycles. The largest absolute Gasteiger partial charge is 0.530 e. The third-order valence-corrected chi connectivity index (χ3v) is 3.95. The minimum Gasteiger partial charge on any atom is -0.530 e. The molecule has 114 valence electrons. The summed E-state index contributed by atoms with van der Waals surface area (Å²) in [6, 6.07) is 14.4. The van der Waals surface area contributed by atoms with Crippen LogP contribution in [0.15, 0.2) is 48.5 Å². The SMILES string of the molecule is O=C([O-])N1CCN(c2ccc(-c3ccc(F)cc3)cc2)CC1. The van der Waals surface area contributed by atoms with Crippen LogP contribution < -0.4 is 10.0 Å². The Balaban J connectivity index is 1.70. The molecule has 22 heavy (non-hydrogen) atoms. The first kappa shape index (κ1) is 14.4. The highest BCUT2D eigenvalue weighted by atomic mass is 19.1. The lowest BCUT2D eigenvalue weighted by Gasteiger charge is -2.37. The van der Waals surface area contributed by atoms with Crippen LogP contribution >= 0.6 is 0 Å². The van der Waals surface area contributed by atoms with Gasteiger partial charge < -0.3 is 19.7 Å².